The highest BCUT2D eigenvalue weighted by molar-refractivity contribution is 6.31. The Bertz CT molecular complexity index is 1490. The van der Waals surface area contributed by atoms with Crippen molar-refractivity contribution in [2.45, 2.75) is 46.4 Å². The van der Waals surface area contributed by atoms with Crippen molar-refractivity contribution in [2.24, 2.45) is 21.6 Å². The van der Waals surface area contributed by atoms with Crippen molar-refractivity contribution >= 4 is 29.7 Å². The molecule has 0 bridgehead atoms. The first kappa shape index (κ1) is 27.8. The lowest BCUT2D eigenvalue weighted by Gasteiger charge is -2.65. The Labute approximate surface area is 232 Å². The fourth-order valence-corrected chi connectivity index (χ4v) is 6.34. The van der Waals surface area contributed by atoms with Crippen LogP contribution in [0.3, 0.4) is 0 Å². The van der Waals surface area contributed by atoms with Crippen LogP contribution in [0.5, 0.6) is 5.75 Å². The molecule has 1 amide bonds. The van der Waals surface area contributed by atoms with Gasteiger partial charge in [-0.15, -0.1) is 0 Å². The van der Waals surface area contributed by atoms with Crippen LogP contribution in [-0.2, 0) is 11.3 Å². The standard InChI is InChI=1S/C30H29ClN4O4/c1-29(2)27(30(3,4)28(29)39-22-9-8-20(14-33)24(31)12-22)35-17-21-11-18(7-10-23(21)26(35)38)5-6-19(13-32)15-34-16-25(36)37/h7-13,15,27-28H,16-17,32H2,1-4H3,(H,36,37). The molecule has 1 aliphatic carbocycles. The van der Waals surface area contributed by atoms with E-state index in [-0.39, 0.29) is 35.4 Å². The molecule has 4 rings (SSSR count). The van der Waals surface area contributed by atoms with Crippen LogP contribution in [0.15, 0.2) is 53.2 Å². The van der Waals surface area contributed by atoms with E-state index in [2.05, 4.69) is 50.6 Å². The maximum atomic E-state index is 13.5. The van der Waals surface area contributed by atoms with Gasteiger partial charge in [-0.2, -0.15) is 5.26 Å². The maximum absolute atomic E-state index is 13.5. The highest BCUT2D eigenvalue weighted by atomic mass is 35.5. The number of benzene rings is 2. The van der Waals surface area contributed by atoms with E-state index in [0.29, 0.717) is 39.6 Å². The normalized spacial score (nSPS) is 21.0. The van der Waals surface area contributed by atoms with Crippen LogP contribution in [0.25, 0.3) is 0 Å². The third-order valence-electron chi connectivity index (χ3n) is 7.31. The number of rotatable bonds is 6. The molecule has 1 fully saturated rings. The third kappa shape index (κ3) is 5.21. The number of carbonyl (C=O) groups excluding carboxylic acids is 1. The number of fused-ring (bicyclic) bond motifs is 1. The number of allylic oxidation sites excluding steroid dienone is 1. The predicted octanol–water partition coefficient (Wildman–Crippen LogP) is 4.40. The zero-order valence-electron chi connectivity index (χ0n) is 22.2. The zero-order valence-corrected chi connectivity index (χ0v) is 22.9. The Morgan fingerprint density at radius 1 is 1.26 bits per heavy atom. The second kappa shape index (κ2) is 10.5. The molecule has 2 aliphatic rings. The average Bonchev–Trinajstić information content (AvgIpc) is 3.18. The summed E-state index contributed by atoms with van der Waals surface area (Å²) in [6, 6.07) is 12.5. The minimum atomic E-state index is -1.04. The summed E-state index contributed by atoms with van der Waals surface area (Å²) in [5.41, 5.74) is 7.88. The molecule has 2 aromatic rings. The molecule has 1 aliphatic heterocycles. The summed E-state index contributed by atoms with van der Waals surface area (Å²) in [6.07, 6.45) is 2.40. The molecular formula is C30H29ClN4O4. The number of nitrogens with two attached hydrogens (primary N) is 1. The van der Waals surface area contributed by atoms with Crippen LogP contribution >= 0.6 is 11.6 Å². The van der Waals surface area contributed by atoms with Gasteiger partial charge in [0.2, 0.25) is 0 Å². The van der Waals surface area contributed by atoms with E-state index in [1.807, 2.05) is 11.0 Å². The number of ether oxygens (including phenoxy) is 1. The lowest BCUT2D eigenvalue weighted by molar-refractivity contribution is -0.199. The number of amides is 1. The van der Waals surface area contributed by atoms with Crippen molar-refractivity contribution in [1.82, 2.24) is 4.90 Å². The summed E-state index contributed by atoms with van der Waals surface area (Å²) in [5, 5.41) is 18.2. The number of carboxylic acids is 1. The van der Waals surface area contributed by atoms with Gasteiger partial charge in [0.25, 0.3) is 5.91 Å². The molecule has 1 saturated carbocycles. The molecule has 0 unspecified atom stereocenters. The molecule has 9 heteroatoms. The molecular weight excluding hydrogens is 516 g/mol. The van der Waals surface area contributed by atoms with E-state index in [1.54, 1.807) is 30.3 Å². The molecule has 1 heterocycles. The Hall–Kier alpha value is -4.27. The lowest BCUT2D eigenvalue weighted by Crippen LogP contribution is -2.74. The topological polar surface area (TPSA) is 129 Å². The molecule has 0 spiro atoms. The first-order valence-electron chi connectivity index (χ1n) is 12.4. The van der Waals surface area contributed by atoms with Gasteiger partial charge in [0.1, 0.15) is 24.5 Å². The molecule has 0 aromatic heterocycles. The minimum Gasteiger partial charge on any atom is -0.489 e. The number of carbonyl (C=O) groups is 2. The van der Waals surface area contributed by atoms with Gasteiger partial charge in [0, 0.05) is 53.0 Å². The van der Waals surface area contributed by atoms with E-state index >= 15 is 0 Å². The Balaban J connectivity index is 1.52. The number of hydrogen-bond donors (Lipinski definition) is 2. The van der Waals surface area contributed by atoms with Crippen molar-refractivity contribution in [2.75, 3.05) is 6.54 Å². The maximum Gasteiger partial charge on any atom is 0.325 e. The van der Waals surface area contributed by atoms with Crippen LogP contribution < -0.4 is 10.5 Å². The summed E-state index contributed by atoms with van der Waals surface area (Å²) >= 11 is 6.21. The molecule has 0 radical (unpaired) electrons. The fraction of sp³-hybridized carbons (Fsp3) is 0.333. The molecule has 3 N–H and O–H groups in total. The summed E-state index contributed by atoms with van der Waals surface area (Å²) < 4.78 is 6.38. The molecule has 0 atom stereocenters. The van der Waals surface area contributed by atoms with Crippen molar-refractivity contribution < 1.29 is 19.4 Å². The quantitative estimate of drug-likeness (QED) is 0.409. The summed E-state index contributed by atoms with van der Waals surface area (Å²) in [6.45, 7) is 8.47. The van der Waals surface area contributed by atoms with E-state index in [9.17, 15) is 9.59 Å². The fourth-order valence-electron chi connectivity index (χ4n) is 6.12. The zero-order chi connectivity index (χ0) is 28.5. The molecule has 39 heavy (non-hydrogen) atoms. The van der Waals surface area contributed by atoms with Gasteiger partial charge in [0.15, 0.2) is 0 Å². The van der Waals surface area contributed by atoms with Gasteiger partial charge in [-0.1, -0.05) is 51.1 Å². The average molecular weight is 545 g/mol. The number of nitriles is 1. The van der Waals surface area contributed by atoms with Crippen LogP contribution in [-0.4, -0.2) is 46.8 Å². The van der Waals surface area contributed by atoms with Crippen LogP contribution in [0.4, 0.5) is 0 Å². The van der Waals surface area contributed by atoms with Gasteiger partial charge in [0.05, 0.1) is 16.2 Å². The third-order valence-corrected chi connectivity index (χ3v) is 7.63. The Kier molecular flexibility index (Phi) is 7.46. The second-order valence-corrected chi connectivity index (χ2v) is 11.2. The van der Waals surface area contributed by atoms with Gasteiger partial charge in [-0.05, 0) is 35.9 Å². The lowest BCUT2D eigenvalue weighted by atomic mass is 9.49. The van der Waals surface area contributed by atoms with Crippen LogP contribution in [0, 0.1) is 34.0 Å². The Morgan fingerprint density at radius 2 is 1.97 bits per heavy atom. The summed E-state index contributed by atoms with van der Waals surface area (Å²) in [7, 11) is 0. The van der Waals surface area contributed by atoms with Crippen molar-refractivity contribution in [1.29, 1.82) is 5.26 Å². The number of halogens is 1. The van der Waals surface area contributed by atoms with Crippen LogP contribution in [0.2, 0.25) is 5.02 Å². The van der Waals surface area contributed by atoms with Crippen molar-refractivity contribution in [3.8, 4) is 23.7 Å². The van der Waals surface area contributed by atoms with Gasteiger partial charge in [-0.3, -0.25) is 14.6 Å². The predicted molar refractivity (Wildman–Crippen MR) is 148 cm³/mol. The molecule has 8 nitrogen and oxygen atoms in total. The van der Waals surface area contributed by atoms with Gasteiger partial charge < -0.3 is 20.5 Å². The first-order valence-corrected chi connectivity index (χ1v) is 12.7. The second-order valence-electron chi connectivity index (χ2n) is 10.8. The number of aliphatic imine (C=N–C) groups is 1. The highest BCUT2D eigenvalue weighted by Gasteiger charge is 2.66. The van der Waals surface area contributed by atoms with E-state index in [0.717, 1.165) is 5.56 Å². The summed E-state index contributed by atoms with van der Waals surface area (Å²) in [5.74, 6) is 5.41. The van der Waals surface area contributed by atoms with E-state index < -0.39 is 5.97 Å². The SMILES string of the molecule is CC1(C)C(Oc2ccc(C#N)c(Cl)c2)C(C)(C)C1N1Cc2cc(C#CC(C=NCC(=O)O)=CN)ccc2C1=O. The largest absolute Gasteiger partial charge is 0.489 e. The first-order chi connectivity index (χ1) is 18.4. The molecule has 0 saturated heterocycles. The number of nitrogens with zero attached hydrogens (tertiary/aromatic N) is 3. The van der Waals surface area contributed by atoms with E-state index in [1.165, 1.54) is 12.4 Å². The number of carboxylic acid groups (broad SMARTS) is 1. The minimum absolute atomic E-state index is 0.0288. The number of hydrogen-bond acceptors (Lipinski definition) is 6. The van der Waals surface area contributed by atoms with Gasteiger partial charge >= 0.3 is 5.97 Å². The van der Waals surface area contributed by atoms with Gasteiger partial charge in [-0.25, -0.2) is 0 Å². The van der Waals surface area contributed by atoms with E-state index in [4.69, 9.17) is 32.4 Å². The highest BCUT2D eigenvalue weighted by Crippen LogP contribution is 2.59. The summed E-state index contributed by atoms with van der Waals surface area (Å²) in [4.78, 5) is 29.8. The van der Waals surface area contributed by atoms with Crippen molar-refractivity contribution in [3.63, 3.8) is 0 Å². The van der Waals surface area contributed by atoms with Crippen molar-refractivity contribution in [3.05, 3.63) is 75.4 Å². The monoisotopic (exact) mass is 544 g/mol. The number of aliphatic carboxylic acids is 1. The smallest absolute Gasteiger partial charge is 0.325 e. The molecule has 200 valence electrons. The molecule has 2 aromatic carbocycles. The van der Waals surface area contributed by atoms with Crippen LogP contribution in [0.1, 0.15) is 54.7 Å². The Morgan fingerprint density at radius 3 is 2.59 bits per heavy atom.